The molecule has 1 aromatic heterocycles. The van der Waals surface area contributed by atoms with Crippen LogP contribution in [0.3, 0.4) is 0 Å². The Morgan fingerprint density at radius 1 is 1.06 bits per heavy atom. The maximum absolute atomic E-state index is 13.5. The molecule has 2 aliphatic heterocycles. The molecular weight excluding hydrogens is 424 g/mol. The van der Waals surface area contributed by atoms with Crippen LogP contribution < -0.4 is 9.47 Å². The van der Waals surface area contributed by atoms with Gasteiger partial charge in [0, 0.05) is 26.1 Å². The Bertz CT molecular complexity index is 923. The number of fused-ring (bicyclic) bond motifs is 1. The normalized spacial score (nSPS) is 16.7. The molecule has 0 spiro atoms. The predicted octanol–water partition coefficient (Wildman–Crippen LogP) is 3.73. The number of nitrogens with zero attached hydrogens (tertiary/aromatic N) is 2. The molecule has 0 radical (unpaired) electrons. The molecule has 1 atom stereocenters. The summed E-state index contributed by atoms with van der Waals surface area (Å²) in [6.45, 7) is 4.13. The molecule has 0 saturated carbocycles. The Kier molecular flexibility index (Phi) is 7.88. The quantitative estimate of drug-likeness (QED) is 0.512. The largest absolute Gasteiger partial charge is 0.467 e. The van der Waals surface area contributed by atoms with Gasteiger partial charge in [0.1, 0.15) is 5.76 Å². The lowest BCUT2D eigenvalue weighted by molar-refractivity contribution is -0.142. The second kappa shape index (κ2) is 11.2. The molecule has 2 amide bonds. The van der Waals surface area contributed by atoms with Gasteiger partial charge in [-0.2, -0.15) is 0 Å². The van der Waals surface area contributed by atoms with Gasteiger partial charge in [-0.1, -0.05) is 19.4 Å². The average Bonchev–Trinajstić information content (AvgIpc) is 3.59. The van der Waals surface area contributed by atoms with Crippen molar-refractivity contribution in [3.63, 3.8) is 0 Å². The Morgan fingerprint density at radius 2 is 1.94 bits per heavy atom. The Labute approximate surface area is 194 Å². The zero-order valence-corrected chi connectivity index (χ0v) is 19.2. The van der Waals surface area contributed by atoms with Gasteiger partial charge in [-0.15, -0.1) is 0 Å². The smallest absolute Gasteiger partial charge is 0.242 e. The summed E-state index contributed by atoms with van der Waals surface area (Å²) in [7, 11) is 0. The summed E-state index contributed by atoms with van der Waals surface area (Å²) >= 11 is 0. The van der Waals surface area contributed by atoms with Gasteiger partial charge in [-0.05, 0) is 49.1 Å². The van der Waals surface area contributed by atoms with Gasteiger partial charge in [-0.3, -0.25) is 9.59 Å². The van der Waals surface area contributed by atoms with Crippen LogP contribution in [0.5, 0.6) is 11.5 Å². The summed E-state index contributed by atoms with van der Waals surface area (Å²) in [5, 5.41) is 0. The summed E-state index contributed by atoms with van der Waals surface area (Å²) in [5.74, 6) is 1.93. The van der Waals surface area contributed by atoms with E-state index in [0.717, 1.165) is 31.2 Å². The number of unbranched alkanes of at least 4 members (excludes halogenated alkanes) is 1. The molecule has 8 nitrogen and oxygen atoms in total. The fourth-order valence-electron chi connectivity index (χ4n) is 4.12. The number of hydrogen-bond donors (Lipinski definition) is 0. The lowest BCUT2D eigenvalue weighted by Crippen LogP contribution is -2.45. The van der Waals surface area contributed by atoms with Crippen molar-refractivity contribution in [2.24, 2.45) is 0 Å². The maximum atomic E-state index is 13.5. The summed E-state index contributed by atoms with van der Waals surface area (Å²) in [6.07, 6.45) is 5.68. The van der Waals surface area contributed by atoms with Crippen LogP contribution in [-0.2, 0) is 27.4 Å². The van der Waals surface area contributed by atoms with Gasteiger partial charge in [0.05, 0.1) is 25.5 Å². The van der Waals surface area contributed by atoms with Crippen LogP contribution in [0.4, 0.5) is 0 Å². The zero-order chi connectivity index (χ0) is 23.0. The number of ether oxygens (including phenoxy) is 3. The molecular formula is C25H32N2O6. The highest BCUT2D eigenvalue weighted by atomic mass is 16.7. The summed E-state index contributed by atoms with van der Waals surface area (Å²) < 4.78 is 22.1. The Hall–Kier alpha value is -3.00. The van der Waals surface area contributed by atoms with E-state index in [1.165, 1.54) is 0 Å². The van der Waals surface area contributed by atoms with Crippen molar-refractivity contribution in [1.29, 1.82) is 0 Å². The number of carbonyl (C=O) groups excluding carboxylic acids is 2. The van der Waals surface area contributed by atoms with E-state index >= 15 is 0 Å². The zero-order valence-electron chi connectivity index (χ0n) is 19.2. The molecule has 33 heavy (non-hydrogen) atoms. The topological polar surface area (TPSA) is 81.5 Å². The predicted molar refractivity (Wildman–Crippen MR) is 121 cm³/mol. The van der Waals surface area contributed by atoms with Gasteiger partial charge >= 0.3 is 0 Å². The van der Waals surface area contributed by atoms with E-state index in [1.54, 1.807) is 22.1 Å². The van der Waals surface area contributed by atoms with Gasteiger partial charge in [0.2, 0.25) is 18.6 Å². The van der Waals surface area contributed by atoms with Crippen LogP contribution in [0.25, 0.3) is 0 Å². The third kappa shape index (κ3) is 6.28. The van der Waals surface area contributed by atoms with E-state index in [0.29, 0.717) is 49.9 Å². The highest BCUT2D eigenvalue weighted by Gasteiger charge is 2.27. The van der Waals surface area contributed by atoms with E-state index < -0.39 is 0 Å². The molecule has 2 aromatic rings. The lowest BCUT2D eigenvalue weighted by atomic mass is 10.1. The third-order valence-corrected chi connectivity index (χ3v) is 5.96. The standard InChI is InChI=1S/C25H32N2O6/c1-2-3-8-24(28)27(16-21-7-5-12-31-21)17-25(29)26(15-20-6-4-11-30-20)14-19-9-10-22-23(13-19)33-18-32-22/h4,6,9-11,13,21H,2-3,5,7-8,12,14-18H2,1H3. The van der Waals surface area contributed by atoms with Crippen molar-refractivity contribution >= 4 is 11.8 Å². The highest BCUT2D eigenvalue weighted by Crippen LogP contribution is 2.33. The average molecular weight is 457 g/mol. The minimum atomic E-state index is -0.132. The van der Waals surface area contributed by atoms with Crippen molar-refractivity contribution in [1.82, 2.24) is 9.80 Å². The van der Waals surface area contributed by atoms with Crippen molar-refractivity contribution in [3.05, 3.63) is 47.9 Å². The fraction of sp³-hybridized carbons (Fsp3) is 0.520. The van der Waals surface area contributed by atoms with E-state index in [4.69, 9.17) is 18.6 Å². The Morgan fingerprint density at radius 3 is 2.70 bits per heavy atom. The first kappa shape index (κ1) is 23.2. The van der Waals surface area contributed by atoms with Crippen LogP contribution >= 0.6 is 0 Å². The summed E-state index contributed by atoms with van der Waals surface area (Å²) in [6, 6.07) is 9.31. The van der Waals surface area contributed by atoms with Gasteiger partial charge in [0.25, 0.3) is 0 Å². The van der Waals surface area contributed by atoms with Crippen molar-refractivity contribution in [3.8, 4) is 11.5 Å². The molecule has 8 heteroatoms. The maximum Gasteiger partial charge on any atom is 0.242 e. The highest BCUT2D eigenvalue weighted by molar-refractivity contribution is 5.85. The van der Waals surface area contributed by atoms with E-state index in [9.17, 15) is 9.59 Å². The van der Waals surface area contributed by atoms with Crippen molar-refractivity contribution in [2.75, 3.05) is 26.5 Å². The van der Waals surface area contributed by atoms with Crippen molar-refractivity contribution in [2.45, 2.75) is 58.2 Å². The first-order valence-electron chi connectivity index (χ1n) is 11.7. The SMILES string of the molecule is CCCCC(=O)N(CC(=O)N(Cc1ccc2c(c1)OCO2)Cc1ccco1)CC1CCCO1. The molecule has 1 aromatic carbocycles. The minimum Gasteiger partial charge on any atom is -0.467 e. The van der Waals surface area contributed by atoms with E-state index in [1.807, 2.05) is 24.3 Å². The number of amides is 2. The van der Waals surface area contributed by atoms with Crippen LogP contribution in [0.15, 0.2) is 41.0 Å². The molecule has 1 unspecified atom stereocenters. The van der Waals surface area contributed by atoms with Crippen LogP contribution in [0.1, 0.15) is 50.4 Å². The number of hydrogen-bond acceptors (Lipinski definition) is 6. The van der Waals surface area contributed by atoms with Crippen LogP contribution in [0, 0.1) is 0 Å². The second-order valence-corrected chi connectivity index (χ2v) is 8.53. The number of carbonyl (C=O) groups is 2. The molecule has 0 aliphatic carbocycles. The monoisotopic (exact) mass is 456 g/mol. The molecule has 1 saturated heterocycles. The van der Waals surface area contributed by atoms with Crippen LogP contribution in [0.2, 0.25) is 0 Å². The molecule has 4 rings (SSSR count). The number of benzene rings is 1. The molecule has 3 heterocycles. The van der Waals surface area contributed by atoms with Crippen LogP contribution in [-0.4, -0.2) is 54.2 Å². The fourth-order valence-corrected chi connectivity index (χ4v) is 4.12. The minimum absolute atomic E-state index is 0.00160. The number of rotatable bonds is 11. The van der Waals surface area contributed by atoms with Crippen molar-refractivity contribution < 1.29 is 28.2 Å². The third-order valence-electron chi connectivity index (χ3n) is 5.96. The first-order valence-corrected chi connectivity index (χ1v) is 11.7. The molecule has 0 bridgehead atoms. The van der Waals surface area contributed by atoms with E-state index in [-0.39, 0.29) is 31.3 Å². The Balaban J connectivity index is 1.48. The molecule has 1 fully saturated rings. The van der Waals surface area contributed by atoms with Gasteiger partial charge in [-0.25, -0.2) is 0 Å². The molecule has 0 N–H and O–H groups in total. The van der Waals surface area contributed by atoms with Gasteiger partial charge < -0.3 is 28.4 Å². The first-order chi connectivity index (χ1) is 16.1. The second-order valence-electron chi connectivity index (χ2n) is 8.53. The molecule has 178 valence electrons. The van der Waals surface area contributed by atoms with Gasteiger partial charge in [0.15, 0.2) is 11.5 Å². The molecule has 2 aliphatic rings. The number of furan rings is 1. The lowest BCUT2D eigenvalue weighted by Gasteiger charge is -2.29. The van der Waals surface area contributed by atoms with E-state index in [2.05, 4.69) is 6.92 Å². The summed E-state index contributed by atoms with van der Waals surface area (Å²) in [4.78, 5) is 29.7. The summed E-state index contributed by atoms with van der Waals surface area (Å²) in [5.41, 5.74) is 0.919.